The quantitative estimate of drug-likeness (QED) is 0.104. The van der Waals surface area contributed by atoms with Gasteiger partial charge >= 0.3 is 0 Å². The van der Waals surface area contributed by atoms with Crippen molar-refractivity contribution in [2.45, 2.75) is 150 Å². The van der Waals surface area contributed by atoms with E-state index in [2.05, 4.69) is 81.2 Å². The van der Waals surface area contributed by atoms with Gasteiger partial charge in [-0.05, 0) is 47.0 Å². The number of hydrogen-bond donors (Lipinski definition) is 1. The second kappa shape index (κ2) is 20.5. The van der Waals surface area contributed by atoms with Crippen LogP contribution < -0.4 is 9.80 Å². The Hall–Kier alpha value is -2.66. The van der Waals surface area contributed by atoms with E-state index in [1.165, 1.54) is 111 Å². The number of aryl methyl sites for hydroxylation is 4. The van der Waals surface area contributed by atoms with Crippen molar-refractivity contribution in [2.75, 3.05) is 26.3 Å². The average molecular weight is 633 g/mol. The van der Waals surface area contributed by atoms with Gasteiger partial charge < -0.3 is 5.32 Å². The Labute approximate surface area is 282 Å². The lowest BCUT2D eigenvalue weighted by Gasteiger charge is -2.43. The number of carbonyl (C=O) groups excluding carboxylic acids is 2. The van der Waals surface area contributed by atoms with E-state index in [9.17, 15) is 9.59 Å². The number of hydrogen-bond acceptors (Lipinski definition) is 2. The van der Waals surface area contributed by atoms with E-state index in [1.54, 1.807) is 0 Å². The van der Waals surface area contributed by atoms with Gasteiger partial charge in [-0.15, -0.1) is 0 Å². The molecule has 1 saturated heterocycles. The minimum atomic E-state index is 0.146. The summed E-state index contributed by atoms with van der Waals surface area (Å²) < 4.78 is 0.531. The highest BCUT2D eigenvalue weighted by molar-refractivity contribution is 5.78. The van der Waals surface area contributed by atoms with E-state index in [-0.39, 0.29) is 11.8 Å². The molecule has 256 valence electrons. The van der Waals surface area contributed by atoms with Crippen LogP contribution in [-0.2, 0) is 9.59 Å². The standard InChI is InChI=1S/C41H65N3O2/c1-6-7-8-9-10-11-12-13-14-15-16-17-18-19-22-40(45)42-28-30-44(33-43-29-21-20-23-41(43)46,38-26-24-34(2)31-36(38)4)39-27-25-35(3)32-37(39)5/h24-27,31-32H,6-23,28-30,33H2,1-5H3/p+1. The molecule has 5 nitrogen and oxygen atoms in total. The van der Waals surface area contributed by atoms with Crippen molar-refractivity contribution < 1.29 is 9.59 Å². The number of unbranched alkanes of at least 4 members (excludes halogenated alkanes) is 13. The van der Waals surface area contributed by atoms with Gasteiger partial charge in [0.25, 0.3) is 0 Å². The predicted molar refractivity (Wildman–Crippen MR) is 197 cm³/mol. The molecular weight excluding hydrogens is 566 g/mol. The highest BCUT2D eigenvalue weighted by Gasteiger charge is 2.39. The second-order valence-corrected chi connectivity index (χ2v) is 14.2. The van der Waals surface area contributed by atoms with Gasteiger partial charge in [-0.2, -0.15) is 0 Å². The van der Waals surface area contributed by atoms with E-state index in [0.717, 1.165) is 32.2 Å². The molecule has 46 heavy (non-hydrogen) atoms. The van der Waals surface area contributed by atoms with Crippen molar-refractivity contribution in [2.24, 2.45) is 0 Å². The Bertz CT molecular complexity index is 1150. The van der Waals surface area contributed by atoms with Crippen LogP contribution in [0.3, 0.4) is 0 Å². The van der Waals surface area contributed by atoms with Gasteiger partial charge in [-0.3, -0.25) is 14.5 Å². The predicted octanol–water partition coefficient (Wildman–Crippen LogP) is 10.5. The molecule has 0 atom stereocenters. The van der Waals surface area contributed by atoms with E-state index >= 15 is 0 Å². The Morgan fingerprint density at radius 2 is 1.22 bits per heavy atom. The van der Waals surface area contributed by atoms with Crippen LogP contribution >= 0.6 is 0 Å². The topological polar surface area (TPSA) is 49.4 Å². The Kier molecular flexibility index (Phi) is 16.9. The van der Waals surface area contributed by atoms with Crippen LogP contribution in [0.5, 0.6) is 0 Å². The first-order chi connectivity index (χ1) is 22.3. The van der Waals surface area contributed by atoms with E-state index in [4.69, 9.17) is 0 Å². The summed E-state index contributed by atoms with van der Waals surface area (Å²) in [6, 6.07) is 13.4. The number of piperidine rings is 1. The molecule has 3 rings (SSSR count). The number of carbonyl (C=O) groups is 2. The maximum absolute atomic E-state index is 13.2. The smallest absolute Gasteiger partial charge is 0.226 e. The zero-order chi connectivity index (χ0) is 33.2. The largest absolute Gasteiger partial charge is 0.350 e. The molecule has 0 spiro atoms. The van der Waals surface area contributed by atoms with Crippen molar-refractivity contribution in [3.8, 4) is 0 Å². The van der Waals surface area contributed by atoms with Crippen molar-refractivity contribution in [1.29, 1.82) is 0 Å². The minimum Gasteiger partial charge on any atom is -0.350 e. The summed E-state index contributed by atoms with van der Waals surface area (Å²) in [6.45, 7) is 13.6. The van der Waals surface area contributed by atoms with Gasteiger partial charge in [-0.1, -0.05) is 126 Å². The molecule has 1 N–H and O–H groups in total. The first kappa shape index (κ1) is 37.8. The Balaban J connectivity index is 1.54. The third-order valence-corrected chi connectivity index (χ3v) is 10.0. The molecule has 2 amide bonds. The number of nitrogens with zero attached hydrogens (tertiary/aromatic N) is 2. The van der Waals surface area contributed by atoms with Crippen LogP contribution in [0.15, 0.2) is 36.4 Å². The van der Waals surface area contributed by atoms with Gasteiger partial charge in [0.2, 0.25) is 11.8 Å². The molecule has 0 radical (unpaired) electrons. The summed E-state index contributed by atoms with van der Waals surface area (Å²) in [4.78, 5) is 28.2. The van der Waals surface area contributed by atoms with Crippen molar-refractivity contribution in [3.05, 3.63) is 58.7 Å². The van der Waals surface area contributed by atoms with Crippen LogP contribution in [-0.4, -0.2) is 43.0 Å². The summed E-state index contributed by atoms with van der Waals surface area (Å²) >= 11 is 0. The molecule has 0 bridgehead atoms. The van der Waals surface area contributed by atoms with Gasteiger partial charge in [0.1, 0.15) is 17.9 Å². The summed E-state index contributed by atoms with van der Waals surface area (Å²) in [5.41, 5.74) is 7.32. The van der Waals surface area contributed by atoms with Crippen molar-refractivity contribution in [3.63, 3.8) is 0 Å². The zero-order valence-electron chi connectivity index (χ0n) is 30.2. The molecule has 0 saturated carbocycles. The summed E-state index contributed by atoms with van der Waals surface area (Å²) in [6.07, 6.45) is 21.7. The third-order valence-electron chi connectivity index (χ3n) is 10.0. The second-order valence-electron chi connectivity index (χ2n) is 14.2. The van der Waals surface area contributed by atoms with Gasteiger partial charge in [0, 0.05) is 42.6 Å². The molecule has 2 aromatic rings. The van der Waals surface area contributed by atoms with E-state index < -0.39 is 0 Å². The van der Waals surface area contributed by atoms with Gasteiger partial charge in [-0.25, -0.2) is 4.48 Å². The van der Waals surface area contributed by atoms with Gasteiger partial charge in [0.05, 0.1) is 6.54 Å². The first-order valence-corrected chi connectivity index (χ1v) is 18.8. The normalized spacial score (nSPS) is 13.8. The highest BCUT2D eigenvalue weighted by Crippen LogP contribution is 2.40. The lowest BCUT2D eigenvalue weighted by molar-refractivity contribution is -0.135. The fraction of sp³-hybridized carbons (Fsp3) is 0.659. The molecule has 2 aromatic carbocycles. The van der Waals surface area contributed by atoms with Crippen LogP contribution in [0.25, 0.3) is 0 Å². The highest BCUT2D eigenvalue weighted by atomic mass is 16.2. The number of nitrogens with one attached hydrogen (secondary N) is 1. The monoisotopic (exact) mass is 633 g/mol. The van der Waals surface area contributed by atoms with Crippen molar-refractivity contribution >= 4 is 23.2 Å². The van der Waals surface area contributed by atoms with Crippen LogP contribution in [0, 0.1) is 27.7 Å². The fourth-order valence-corrected chi connectivity index (χ4v) is 7.42. The molecule has 1 fully saturated rings. The van der Waals surface area contributed by atoms with Crippen LogP contribution in [0.1, 0.15) is 145 Å². The average Bonchev–Trinajstić information content (AvgIpc) is 3.02. The van der Waals surface area contributed by atoms with E-state index in [0.29, 0.717) is 37.1 Å². The number of benzene rings is 2. The summed E-state index contributed by atoms with van der Waals surface area (Å²) in [5, 5.41) is 3.28. The maximum atomic E-state index is 13.2. The van der Waals surface area contributed by atoms with E-state index in [1.807, 2.05) is 0 Å². The maximum Gasteiger partial charge on any atom is 0.226 e. The van der Waals surface area contributed by atoms with Crippen LogP contribution in [0.2, 0.25) is 0 Å². The lowest BCUT2D eigenvalue weighted by atomic mass is 10.0. The molecule has 1 heterocycles. The fourth-order valence-electron chi connectivity index (χ4n) is 7.42. The zero-order valence-corrected chi connectivity index (χ0v) is 30.2. The van der Waals surface area contributed by atoms with Crippen molar-refractivity contribution in [1.82, 2.24) is 14.7 Å². The molecular formula is C41H66N3O2+. The first-order valence-electron chi connectivity index (χ1n) is 18.8. The molecule has 0 aliphatic carbocycles. The summed E-state index contributed by atoms with van der Waals surface area (Å²) in [7, 11) is 0. The number of quaternary nitrogens is 1. The number of amides is 2. The van der Waals surface area contributed by atoms with Gasteiger partial charge in [0.15, 0.2) is 6.67 Å². The Morgan fingerprint density at radius 3 is 1.70 bits per heavy atom. The Morgan fingerprint density at radius 1 is 0.717 bits per heavy atom. The van der Waals surface area contributed by atoms with Crippen LogP contribution in [0.4, 0.5) is 11.4 Å². The minimum absolute atomic E-state index is 0.146. The number of likely N-dealkylation sites (tertiary alicyclic amines) is 1. The molecule has 0 unspecified atom stereocenters. The molecule has 1 aliphatic heterocycles. The number of rotatable bonds is 22. The third kappa shape index (κ3) is 12.2. The molecule has 1 aliphatic rings. The molecule has 0 aromatic heterocycles. The molecule has 5 heteroatoms. The summed E-state index contributed by atoms with van der Waals surface area (Å²) in [5.74, 6) is 0.387. The lowest BCUT2D eigenvalue weighted by Crippen LogP contribution is -2.57. The SMILES string of the molecule is CCCCCCCCCCCCCCCCC(=O)NCC[N+](CN1CCCCC1=O)(c1ccc(C)cc1C)c1ccc(C)cc1C.